The summed E-state index contributed by atoms with van der Waals surface area (Å²) in [5.74, 6) is -0.290. The molecule has 2 N–H and O–H groups in total. The van der Waals surface area contributed by atoms with Crippen LogP contribution in [0.15, 0.2) is 28.2 Å². The lowest BCUT2D eigenvalue weighted by atomic mass is 10.1. The predicted molar refractivity (Wildman–Crippen MR) is 76.5 cm³/mol. The number of carbonyl (C=O) groups excluding carboxylic acids is 2. The Balaban J connectivity index is 1.81. The van der Waals surface area contributed by atoms with Gasteiger partial charge in [-0.2, -0.15) is 0 Å². The van der Waals surface area contributed by atoms with Crippen molar-refractivity contribution in [3.63, 3.8) is 0 Å². The van der Waals surface area contributed by atoms with Crippen molar-refractivity contribution in [2.24, 2.45) is 0 Å². The van der Waals surface area contributed by atoms with Crippen LogP contribution in [0.5, 0.6) is 0 Å². The first-order valence-corrected chi connectivity index (χ1v) is 7.08. The molecule has 0 unspecified atom stereocenters. The highest BCUT2D eigenvalue weighted by Crippen LogP contribution is 2.26. The molecule has 3 rings (SSSR count). The number of hydrogen-bond donors (Lipinski definition) is 2. The molecular weight excluding hydrogens is 330 g/mol. The van der Waals surface area contributed by atoms with Crippen LogP contribution in [0.4, 0.5) is 10.8 Å². The summed E-state index contributed by atoms with van der Waals surface area (Å²) in [6.45, 7) is 0. The van der Waals surface area contributed by atoms with Crippen LogP contribution in [0.3, 0.4) is 0 Å². The van der Waals surface area contributed by atoms with Crippen molar-refractivity contribution in [1.82, 2.24) is 4.98 Å². The van der Waals surface area contributed by atoms with Gasteiger partial charge in [0.05, 0.1) is 16.4 Å². The number of anilines is 2. The van der Waals surface area contributed by atoms with E-state index in [1.807, 2.05) is 0 Å². The van der Waals surface area contributed by atoms with Gasteiger partial charge in [0.1, 0.15) is 0 Å². The standard InChI is InChI=1S/C12H8BrN3O2S/c13-9-5-14-12(19-9)16-11(18)7-2-1-6-4-10(17)15-8(6)3-7/h1-3,5H,4H2,(H,15,17)(H,14,16,18). The lowest BCUT2D eigenvalue weighted by Crippen LogP contribution is -2.11. The molecule has 1 aliphatic rings. The Morgan fingerprint density at radius 3 is 3.05 bits per heavy atom. The van der Waals surface area contributed by atoms with E-state index in [0.29, 0.717) is 22.8 Å². The number of hydrogen-bond acceptors (Lipinski definition) is 4. The number of nitrogens with zero attached hydrogens (tertiary/aromatic N) is 1. The van der Waals surface area contributed by atoms with E-state index in [1.54, 1.807) is 24.4 Å². The molecule has 5 nitrogen and oxygen atoms in total. The van der Waals surface area contributed by atoms with E-state index in [2.05, 4.69) is 31.5 Å². The van der Waals surface area contributed by atoms with Crippen LogP contribution in [0.2, 0.25) is 0 Å². The van der Waals surface area contributed by atoms with Gasteiger partial charge >= 0.3 is 0 Å². The summed E-state index contributed by atoms with van der Waals surface area (Å²) in [5, 5.41) is 5.96. The minimum Gasteiger partial charge on any atom is -0.326 e. The van der Waals surface area contributed by atoms with E-state index in [-0.39, 0.29) is 11.8 Å². The van der Waals surface area contributed by atoms with Gasteiger partial charge in [-0.15, -0.1) is 0 Å². The van der Waals surface area contributed by atoms with E-state index in [4.69, 9.17) is 0 Å². The van der Waals surface area contributed by atoms with Crippen molar-refractivity contribution in [2.45, 2.75) is 6.42 Å². The van der Waals surface area contributed by atoms with Crippen molar-refractivity contribution in [3.05, 3.63) is 39.3 Å². The van der Waals surface area contributed by atoms with Crippen LogP contribution < -0.4 is 10.6 Å². The number of thiazole rings is 1. The topological polar surface area (TPSA) is 71.1 Å². The minimum atomic E-state index is -0.245. The van der Waals surface area contributed by atoms with Gasteiger partial charge in [0.25, 0.3) is 5.91 Å². The Hall–Kier alpha value is -1.73. The summed E-state index contributed by atoms with van der Waals surface area (Å²) in [6, 6.07) is 5.18. The third-order valence-corrected chi connectivity index (χ3v) is 4.09. The second-order valence-electron chi connectivity index (χ2n) is 4.02. The molecule has 0 spiro atoms. The minimum absolute atomic E-state index is 0.0450. The van der Waals surface area contributed by atoms with Gasteiger partial charge in [0, 0.05) is 11.3 Å². The zero-order valence-electron chi connectivity index (χ0n) is 9.57. The highest BCUT2D eigenvalue weighted by molar-refractivity contribution is 9.11. The van der Waals surface area contributed by atoms with E-state index in [1.165, 1.54) is 11.3 Å². The van der Waals surface area contributed by atoms with Gasteiger partial charge in [-0.05, 0) is 33.6 Å². The Morgan fingerprint density at radius 2 is 2.32 bits per heavy atom. The first-order chi connectivity index (χ1) is 9.11. The van der Waals surface area contributed by atoms with Gasteiger partial charge in [0.2, 0.25) is 5.91 Å². The number of rotatable bonds is 2. The molecule has 0 atom stereocenters. The number of nitrogens with one attached hydrogen (secondary N) is 2. The lowest BCUT2D eigenvalue weighted by molar-refractivity contribution is -0.115. The van der Waals surface area contributed by atoms with Crippen molar-refractivity contribution in [3.8, 4) is 0 Å². The quantitative estimate of drug-likeness (QED) is 0.884. The first kappa shape index (κ1) is 12.3. The fraction of sp³-hybridized carbons (Fsp3) is 0.0833. The average molecular weight is 338 g/mol. The summed E-state index contributed by atoms with van der Waals surface area (Å²) in [6.07, 6.45) is 2.00. The van der Waals surface area contributed by atoms with Crippen LogP contribution in [-0.2, 0) is 11.2 Å². The fourth-order valence-electron chi connectivity index (χ4n) is 1.84. The molecule has 2 heterocycles. The van der Waals surface area contributed by atoms with E-state index in [9.17, 15) is 9.59 Å². The molecule has 1 aliphatic heterocycles. The third kappa shape index (κ3) is 2.52. The number of benzene rings is 1. The Kier molecular flexibility index (Phi) is 3.08. The smallest absolute Gasteiger partial charge is 0.257 e. The maximum atomic E-state index is 12.0. The molecule has 7 heteroatoms. The van der Waals surface area contributed by atoms with Crippen molar-refractivity contribution in [2.75, 3.05) is 10.6 Å². The molecule has 0 saturated heterocycles. The van der Waals surface area contributed by atoms with Crippen molar-refractivity contribution in [1.29, 1.82) is 0 Å². The highest BCUT2D eigenvalue weighted by atomic mass is 79.9. The van der Waals surface area contributed by atoms with Crippen LogP contribution in [0.1, 0.15) is 15.9 Å². The van der Waals surface area contributed by atoms with Crippen LogP contribution in [-0.4, -0.2) is 16.8 Å². The SMILES string of the molecule is O=C1Cc2ccc(C(=O)Nc3ncc(Br)s3)cc2N1. The molecular formula is C12H8BrN3O2S. The first-order valence-electron chi connectivity index (χ1n) is 5.47. The lowest BCUT2D eigenvalue weighted by Gasteiger charge is -2.04. The van der Waals surface area contributed by atoms with Gasteiger partial charge in [0.15, 0.2) is 5.13 Å². The number of fused-ring (bicyclic) bond motifs is 1. The molecule has 0 radical (unpaired) electrons. The summed E-state index contributed by atoms with van der Waals surface area (Å²) in [5.41, 5.74) is 2.11. The summed E-state index contributed by atoms with van der Waals surface area (Å²) >= 11 is 4.62. The molecule has 1 aromatic heterocycles. The zero-order chi connectivity index (χ0) is 13.4. The predicted octanol–water partition coefficient (Wildman–Crippen LogP) is 2.65. The maximum absolute atomic E-state index is 12.0. The van der Waals surface area contributed by atoms with Gasteiger partial charge in [-0.3, -0.25) is 14.9 Å². The Labute approximate surface area is 121 Å². The normalized spacial score (nSPS) is 13.0. The number of amides is 2. The average Bonchev–Trinajstić information content (AvgIpc) is 2.93. The molecule has 0 fully saturated rings. The van der Waals surface area contributed by atoms with Crippen molar-refractivity contribution >= 4 is 49.9 Å². The monoisotopic (exact) mass is 337 g/mol. The number of aromatic nitrogens is 1. The molecule has 0 saturated carbocycles. The molecule has 96 valence electrons. The van der Waals surface area contributed by atoms with E-state index >= 15 is 0 Å². The van der Waals surface area contributed by atoms with Crippen LogP contribution in [0, 0.1) is 0 Å². The van der Waals surface area contributed by atoms with Gasteiger partial charge in [-0.25, -0.2) is 4.98 Å². The third-order valence-electron chi connectivity index (χ3n) is 2.70. The van der Waals surface area contributed by atoms with E-state index < -0.39 is 0 Å². The number of carbonyl (C=O) groups is 2. The second-order valence-corrected chi connectivity index (χ2v) is 6.43. The summed E-state index contributed by atoms with van der Waals surface area (Å²) in [7, 11) is 0. The maximum Gasteiger partial charge on any atom is 0.257 e. The Morgan fingerprint density at radius 1 is 1.47 bits per heavy atom. The molecule has 0 bridgehead atoms. The molecule has 0 aliphatic carbocycles. The Bertz CT molecular complexity index is 683. The fourth-order valence-corrected chi connectivity index (χ4v) is 2.94. The summed E-state index contributed by atoms with van der Waals surface area (Å²) < 4.78 is 0.851. The zero-order valence-corrected chi connectivity index (χ0v) is 12.0. The largest absolute Gasteiger partial charge is 0.326 e. The summed E-state index contributed by atoms with van der Waals surface area (Å²) in [4.78, 5) is 27.3. The van der Waals surface area contributed by atoms with Crippen LogP contribution >= 0.6 is 27.3 Å². The van der Waals surface area contributed by atoms with E-state index in [0.717, 1.165) is 9.35 Å². The molecule has 2 amide bonds. The number of halogens is 1. The van der Waals surface area contributed by atoms with Gasteiger partial charge < -0.3 is 5.32 Å². The van der Waals surface area contributed by atoms with Crippen molar-refractivity contribution < 1.29 is 9.59 Å². The molecule has 19 heavy (non-hydrogen) atoms. The second kappa shape index (κ2) is 4.75. The highest BCUT2D eigenvalue weighted by Gasteiger charge is 2.19. The van der Waals surface area contributed by atoms with Gasteiger partial charge in [-0.1, -0.05) is 17.4 Å². The molecule has 2 aromatic rings. The molecule has 1 aromatic carbocycles. The van der Waals surface area contributed by atoms with Crippen LogP contribution in [0.25, 0.3) is 0 Å².